The molecule has 144 valence electrons. The van der Waals surface area contributed by atoms with E-state index in [9.17, 15) is 14.4 Å². The molecule has 0 heterocycles. The molecule has 4 fully saturated rings. The summed E-state index contributed by atoms with van der Waals surface area (Å²) in [5.74, 6) is 1.68. The van der Waals surface area contributed by atoms with Crippen LogP contribution in [0.25, 0.3) is 0 Å². The molecule has 6 heteroatoms. The van der Waals surface area contributed by atoms with Crippen molar-refractivity contribution in [1.29, 1.82) is 0 Å². The molecule has 3 amide bonds. The van der Waals surface area contributed by atoms with Gasteiger partial charge in [0.05, 0.1) is 0 Å². The van der Waals surface area contributed by atoms with Gasteiger partial charge in [0.2, 0.25) is 17.7 Å². The number of anilines is 1. The van der Waals surface area contributed by atoms with E-state index >= 15 is 0 Å². The maximum atomic E-state index is 12.9. The van der Waals surface area contributed by atoms with Crippen molar-refractivity contribution in [2.24, 2.45) is 28.9 Å². The molecule has 6 nitrogen and oxygen atoms in total. The van der Waals surface area contributed by atoms with Crippen molar-refractivity contribution >= 4 is 23.4 Å². The van der Waals surface area contributed by atoms with E-state index in [1.807, 2.05) is 0 Å². The summed E-state index contributed by atoms with van der Waals surface area (Å²) in [5, 5.41) is 5.79. The van der Waals surface area contributed by atoms with Crippen molar-refractivity contribution in [3.8, 4) is 0 Å². The van der Waals surface area contributed by atoms with Crippen molar-refractivity contribution in [2.45, 2.75) is 44.9 Å². The molecule has 4 aliphatic rings. The summed E-state index contributed by atoms with van der Waals surface area (Å²) in [6.45, 7) is 0.353. The Morgan fingerprint density at radius 1 is 0.963 bits per heavy atom. The van der Waals surface area contributed by atoms with Gasteiger partial charge in [0.15, 0.2) is 0 Å². The lowest BCUT2D eigenvalue weighted by Crippen LogP contribution is -2.53. The third-order valence-electron chi connectivity index (χ3n) is 6.61. The summed E-state index contributed by atoms with van der Waals surface area (Å²) in [5.41, 5.74) is 6.04. The van der Waals surface area contributed by atoms with Crippen LogP contribution in [-0.4, -0.2) is 24.3 Å². The van der Waals surface area contributed by atoms with Gasteiger partial charge < -0.3 is 16.4 Å². The van der Waals surface area contributed by atoms with Crippen LogP contribution in [-0.2, 0) is 9.59 Å². The zero-order valence-corrected chi connectivity index (χ0v) is 15.5. The number of primary amides is 1. The Hall–Kier alpha value is -2.37. The highest BCUT2D eigenvalue weighted by atomic mass is 16.2. The number of carbonyl (C=O) groups excluding carboxylic acids is 3. The second-order valence-corrected chi connectivity index (χ2v) is 8.69. The van der Waals surface area contributed by atoms with Crippen molar-refractivity contribution in [3.05, 3.63) is 29.8 Å². The average molecular weight is 369 g/mol. The van der Waals surface area contributed by atoms with Crippen molar-refractivity contribution in [1.82, 2.24) is 5.32 Å². The topological polar surface area (TPSA) is 101 Å². The molecule has 0 saturated heterocycles. The Morgan fingerprint density at radius 2 is 1.52 bits per heavy atom. The molecule has 0 spiro atoms. The number of amides is 3. The van der Waals surface area contributed by atoms with Crippen molar-refractivity contribution in [2.75, 3.05) is 11.9 Å². The lowest BCUT2D eigenvalue weighted by atomic mass is 9.49. The van der Waals surface area contributed by atoms with Crippen LogP contribution in [0.1, 0.15) is 55.3 Å². The van der Waals surface area contributed by atoms with E-state index in [1.165, 1.54) is 19.3 Å². The number of rotatable bonds is 6. The first-order chi connectivity index (χ1) is 12.9. The number of nitrogens with two attached hydrogens (primary N) is 1. The molecule has 0 radical (unpaired) electrons. The standard InChI is InChI=1S/C21H27N3O3/c22-19(26)16-1-3-17(4-2-16)24-18(25)5-6-23-20(27)21-10-13-7-14(11-21)9-15(8-13)12-21/h1-4,13-15H,5-12H2,(H2,22,26)(H,23,27)(H,24,25). The minimum atomic E-state index is -0.500. The smallest absolute Gasteiger partial charge is 0.248 e. The van der Waals surface area contributed by atoms with Gasteiger partial charge in [-0.1, -0.05) is 0 Å². The summed E-state index contributed by atoms with van der Waals surface area (Å²) in [7, 11) is 0. The van der Waals surface area contributed by atoms with Gasteiger partial charge in [-0.3, -0.25) is 14.4 Å². The zero-order valence-electron chi connectivity index (χ0n) is 15.5. The molecule has 0 atom stereocenters. The lowest BCUT2D eigenvalue weighted by molar-refractivity contribution is -0.146. The van der Waals surface area contributed by atoms with Gasteiger partial charge in [0.1, 0.15) is 0 Å². The molecule has 1 aromatic rings. The second-order valence-electron chi connectivity index (χ2n) is 8.69. The van der Waals surface area contributed by atoms with Gasteiger partial charge in [0, 0.05) is 29.6 Å². The highest BCUT2D eigenvalue weighted by Crippen LogP contribution is 2.60. The van der Waals surface area contributed by atoms with Crippen LogP contribution in [0.5, 0.6) is 0 Å². The summed E-state index contributed by atoms with van der Waals surface area (Å²) >= 11 is 0. The SMILES string of the molecule is NC(=O)c1ccc(NC(=O)CCNC(=O)C23CC4CC(CC(C4)C2)C3)cc1. The number of carbonyl (C=O) groups is 3. The lowest BCUT2D eigenvalue weighted by Gasteiger charge is -2.55. The fraction of sp³-hybridized carbons (Fsp3) is 0.571. The van der Waals surface area contributed by atoms with Crippen LogP contribution in [0.2, 0.25) is 0 Å². The fourth-order valence-electron chi connectivity index (χ4n) is 5.81. The summed E-state index contributed by atoms with van der Waals surface area (Å²) in [6, 6.07) is 6.44. The predicted octanol–water partition coefficient (Wildman–Crippen LogP) is 2.45. The van der Waals surface area contributed by atoms with E-state index in [2.05, 4.69) is 10.6 Å². The van der Waals surface area contributed by atoms with E-state index < -0.39 is 5.91 Å². The molecule has 0 aromatic heterocycles. The van der Waals surface area contributed by atoms with E-state index in [4.69, 9.17) is 5.73 Å². The first-order valence-corrected chi connectivity index (χ1v) is 9.91. The van der Waals surface area contributed by atoms with Crippen molar-refractivity contribution in [3.63, 3.8) is 0 Å². The molecule has 4 aliphatic carbocycles. The molecule has 1 aromatic carbocycles. The second kappa shape index (κ2) is 6.98. The van der Waals surface area contributed by atoms with Gasteiger partial charge >= 0.3 is 0 Å². The minimum absolute atomic E-state index is 0.153. The van der Waals surface area contributed by atoms with Crippen LogP contribution in [0.3, 0.4) is 0 Å². The third kappa shape index (κ3) is 3.70. The predicted molar refractivity (Wildman–Crippen MR) is 102 cm³/mol. The van der Waals surface area contributed by atoms with Gasteiger partial charge in [-0.25, -0.2) is 0 Å². The Labute approximate surface area is 159 Å². The molecule has 0 aliphatic heterocycles. The highest BCUT2D eigenvalue weighted by molar-refractivity contribution is 5.95. The minimum Gasteiger partial charge on any atom is -0.366 e. The maximum absolute atomic E-state index is 12.9. The molecular weight excluding hydrogens is 342 g/mol. The number of benzene rings is 1. The first kappa shape index (κ1) is 18.0. The molecular formula is C21H27N3O3. The van der Waals surface area contributed by atoms with Gasteiger partial charge in [0.25, 0.3) is 0 Å². The maximum Gasteiger partial charge on any atom is 0.248 e. The van der Waals surface area contributed by atoms with E-state index in [0.29, 0.717) is 17.8 Å². The largest absolute Gasteiger partial charge is 0.366 e. The molecule has 4 N–H and O–H groups in total. The Morgan fingerprint density at radius 3 is 2.04 bits per heavy atom. The Balaban J connectivity index is 1.25. The molecule has 27 heavy (non-hydrogen) atoms. The molecule has 0 unspecified atom stereocenters. The van der Waals surface area contributed by atoms with E-state index in [0.717, 1.165) is 37.0 Å². The average Bonchev–Trinajstić information content (AvgIpc) is 2.61. The molecule has 5 rings (SSSR count). The summed E-state index contributed by atoms with van der Waals surface area (Å²) < 4.78 is 0. The number of nitrogens with one attached hydrogen (secondary N) is 2. The Kier molecular flexibility index (Phi) is 4.66. The van der Waals surface area contributed by atoms with Crippen LogP contribution < -0.4 is 16.4 Å². The van der Waals surface area contributed by atoms with Crippen LogP contribution in [0, 0.1) is 23.2 Å². The zero-order chi connectivity index (χ0) is 19.0. The number of hydrogen-bond acceptors (Lipinski definition) is 3. The quantitative estimate of drug-likeness (QED) is 0.718. The van der Waals surface area contributed by atoms with Crippen LogP contribution in [0.15, 0.2) is 24.3 Å². The molecule has 4 saturated carbocycles. The van der Waals surface area contributed by atoms with E-state index in [1.54, 1.807) is 24.3 Å². The monoisotopic (exact) mass is 369 g/mol. The van der Waals surface area contributed by atoms with Crippen molar-refractivity contribution < 1.29 is 14.4 Å². The van der Waals surface area contributed by atoms with Gasteiger partial charge in [-0.2, -0.15) is 0 Å². The van der Waals surface area contributed by atoms with Gasteiger partial charge in [-0.05, 0) is 80.5 Å². The van der Waals surface area contributed by atoms with E-state index in [-0.39, 0.29) is 23.7 Å². The number of hydrogen-bond donors (Lipinski definition) is 3. The normalized spacial score (nSPS) is 30.7. The van der Waals surface area contributed by atoms with Gasteiger partial charge in [-0.15, -0.1) is 0 Å². The fourth-order valence-corrected chi connectivity index (χ4v) is 5.81. The Bertz CT molecular complexity index is 721. The first-order valence-electron chi connectivity index (χ1n) is 9.91. The van der Waals surface area contributed by atoms with Crippen LogP contribution >= 0.6 is 0 Å². The third-order valence-corrected chi connectivity index (χ3v) is 6.61. The molecule has 4 bridgehead atoms. The van der Waals surface area contributed by atoms with Crippen LogP contribution in [0.4, 0.5) is 5.69 Å². The highest BCUT2D eigenvalue weighted by Gasteiger charge is 2.54. The summed E-state index contributed by atoms with van der Waals surface area (Å²) in [4.78, 5) is 36.0. The summed E-state index contributed by atoms with van der Waals surface area (Å²) in [6.07, 6.45) is 7.25.